The molecular formula is C9H8N2O. The Labute approximate surface area is 69.9 Å². The predicted octanol–water partition coefficient (Wildman–Crippen LogP) is 1.79. The molecule has 2 aromatic rings. The summed E-state index contributed by atoms with van der Waals surface area (Å²) in [6, 6.07) is 9.71. The first-order valence-corrected chi connectivity index (χ1v) is 3.65. The maximum atomic E-state index is 8.97. The van der Waals surface area contributed by atoms with Crippen LogP contribution in [0.4, 0.5) is 0 Å². The molecule has 0 unspecified atom stereocenters. The standard InChI is InChI=1S/C9H8N2O/c12-11-6-9(10-7-11)8-4-2-1-3-5-8/h1-7,12H. The van der Waals surface area contributed by atoms with Gasteiger partial charge < -0.3 is 5.21 Å². The maximum absolute atomic E-state index is 8.97. The maximum Gasteiger partial charge on any atom is 0.132 e. The quantitative estimate of drug-likeness (QED) is 0.646. The first-order valence-electron chi connectivity index (χ1n) is 3.65. The molecule has 0 fully saturated rings. The van der Waals surface area contributed by atoms with E-state index in [1.165, 1.54) is 6.33 Å². The fourth-order valence-corrected chi connectivity index (χ4v) is 1.07. The molecule has 0 saturated heterocycles. The summed E-state index contributed by atoms with van der Waals surface area (Å²) in [6.07, 6.45) is 2.93. The molecule has 12 heavy (non-hydrogen) atoms. The van der Waals surface area contributed by atoms with Crippen LogP contribution in [0.1, 0.15) is 0 Å². The zero-order valence-electron chi connectivity index (χ0n) is 6.38. The zero-order chi connectivity index (χ0) is 8.39. The summed E-state index contributed by atoms with van der Waals surface area (Å²) in [4.78, 5) is 4.00. The van der Waals surface area contributed by atoms with Crippen molar-refractivity contribution in [2.24, 2.45) is 0 Å². The summed E-state index contributed by atoms with van der Waals surface area (Å²) in [5.74, 6) is 0. The second-order valence-corrected chi connectivity index (χ2v) is 2.50. The van der Waals surface area contributed by atoms with E-state index in [1.807, 2.05) is 30.3 Å². The Bertz CT molecular complexity index is 367. The van der Waals surface area contributed by atoms with E-state index in [2.05, 4.69) is 4.98 Å². The largest absolute Gasteiger partial charge is 0.427 e. The second-order valence-electron chi connectivity index (χ2n) is 2.50. The number of imidazole rings is 1. The summed E-state index contributed by atoms with van der Waals surface area (Å²) in [5, 5.41) is 8.97. The van der Waals surface area contributed by atoms with E-state index in [9.17, 15) is 0 Å². The molecule has 1 N–H and O–H groups in total. The predicted molar refractivity (Wildman–Crippen MR) is 44.8 cm³/mol. The highest BCUT2D eigenvalue weighted by Crippen LogP contribution is 2.14. The number of aromatic nitrogens is 2. The van der Waals surface area contributed by atoms with Crippen molar-refractivity contribution >= 4 is 0 Å². The van der Waals surface area contributed by atoms with Crippen LogP contribution in [-0.2, 0) is 0 Å². The number of hydrogen-bond acceptors (Lipinski definition) is 2. The van der Waals surface area contributed by atoms with Crippen LogP contribution in [-0.4, -0.2) is 14.9 Å². The van der Waals surface area contributed by atoms with Gasteiger partial charge in [0.2, 0.25) is 0 Å². The van der Waals surface area contributed by atoms with Gasteiger partial charge in [0.15, 0.2) is 0 Å². The molecule has 0 atom stereocenters. The van der Waals surface area contributed by atoms with Gasteiger partial charge in [-0.1, -0.05) is 30.3 Å². The Morgan fingerprint density at radius 2 is 1.92 bits per heavy atom. The molecule has 2 rings (SSSR count). The molecule has 3 nitrogen and oxygen atoms in total. The van der Waals surface area contributed by atoms with Crippen molar-refractivity contribution < 1.29 is 5.21 Å². The van der Waals surface area contributed by atoms with Crippen LogP contribution in [0.5, 0.6) is 0 Å². The number of hydrogen-bond donors (Lipinski definition) is 1. The number of rotatable bonds is 1. The molecular weight excluding hydrogens is 152 g/mol. The van der Waals surface area contributed by atoms with E-state index in [0.29, 0.717) is 0 Å². The van der Waals surface area contributed by atoms with Gasteiger partial charge in [-0.3, -0.25) is 0 Å². The van der Waals surface area contributed by atoms with Crippen LogP contribution in [0.2, 0.25) is 0 Å². The van der Waals surface area contributed by atoms with Crippen LogP contribution in [0.25, 0.3) is 11.3 Å². The second kappa shape index (κ2) is 2.70. The lowest BCUT2D eigenvalue weighted by Crippen LogP contribution is -1.80. The first-order chi connectivity index (χ1) is 5.86. The molecule has 3 heteroatoms. The van der Waals surface area contributed by atoms with E-state index in [4.69, 9.17) is 5.21 Å². The Kier molecular flexibility index (Phi) is 1.55. The van der Waals surface area contributed by atoms with Gasteiger partial charge in [0.05, 0.1) is 11.9 Å². The average Bonchev–Trinajstić information content (AvgIpc) is 2.54. The monoisotopic (exact) mass is 160 g/mol. The Hall–Kier alpha value is -1.77. The highest BCUT2D eigenvalue weighted by atomic mass is 16.5. The van der Waals surface area contributed by atoms with Crippen LogP contribution < -0.4 is 0 Å². The number of nitrogens with zero attached hydrogens (tertiary/aromatic N) is 2. The Morgan fingerprint density at radius 3 is 2.50 bits per heavy atom. The molecule has 1 heterocycles. The molecule has 0 spiro atoms. The van der Waals surface area contributed by atoms with Crippen molar-refractivity contribution in [1.29, 1.82) is 0 Å². The van der Waals surface area contributed by atoms with Gasteiger partial charge in [-0.25, -0.2) is 4.98 Å². The van der Waals surface area contributed by atoms with Gasteiger partial charge in [-0.05, 0) is 0 Å². The van der Waals surface area contributed by atoms with Crippen LogP contribution in [0, 0.1) is 0 Å². The fraction of sp³-hybridized carbons (Fsp3) is 0. The summed E-state index contributed by atoms with van der Waals surface area (Å²) >= 11 is 0. The molecule has 0 radical (unpaired) electrons. The van der Waals surface area contributed by atoms with Gasteiger partial charge in [0.25, 0.3) is 0 Å². The van der Waals surface area contributed by atoms with Crippen molar-refractivity contribution in [3.63, 3.8) is 0 Å². The van der Waals surface area contributed by atoms with Gasteiger partial charge in [-0.15, -0.1) is 0 Å². The SMILES string of the molecule is On1cnc(-c2ccccc2)c1. The summed E-state index contributed by atoms with van der Waals surface area (Å²) in [5.41, 5.74) is 1.78. The third-order valence-electron chi connectivity index (χ3n) is 1.64. The highest BCUT2D eigenvalue weighted by molar-refractivity contribution is 5.57. The summed E-state index contributed by atoms with van der Waals surface area (Å²) in [7, 11) is 0. The van der Waals surface area contributed by atoms with Crippen molar-refractivity contribution in [3.05, 3.63) is 42.9 Å². The molecule has 1 aromatic heterocycles. The van der Waals surface area contributed by atoms with Crippen molar-refractivity contribution in [2.45, 2.75) is 0 Å². The Balaban J connectivity index is 2.45. The molecule has 0 saturated carbocycles. The Morgan fingerprint density at radius 1 is 1.17 bits per heavy atom. The molecule has 0 amide bonds. The molecule has 60 valence electrons. The third kappa shape index (κ3) is 1.16. The lowest BCUT2D eigenvalue weighted by molar-refractivity contribution is 0.186. The molecule has 1 aromatic carbocycles. The highest BCUT2D eigenvalue weighted by Gasteiger charge is 1.98. The smallest absolute Gasteiger partial charge is 0.132 e. The molecule has 0 aliphatic carbocycles. The van der Waals surface area contributed by atoms with Crippen molar-refractivity contribution in [2.75, 3.05) is 0 Å². The van der Waals surface area contributed by atoms with Crippen LogP contribution in [0.3, 0.4) is 0 Å². The average molecular weight is 160 g/mol. The molecule has 0 aliphatic heterocycles. The van der Waals surface area contributed by atoms with E-state index >= 15 is 0 Å². The van der Waals surface area contributed by atoms with Crippen molar-refractivity contribution in [1.82, 2.24) is 9.71 Å². The molecule has 0 aliphatic rings. The van der Waals surface area contributed by atoms with Gasteiger partial charge >= 0.3 is 0 Å². The van der Waals surface area contributed by atoms with E-state index < -0.39 is 0 Å². The fourth-order valence-electron chi connectivity index (χ4n) is 1.07. The normalized spacial score (nSPS) is 10.0. The minimum Gasteiger partial charge on any atom is -0.427 e. The summed E-state index contributed by atoms with van der Waals surface area (Å²) < 4.78 is 0.947. The van der Waals surface area contributed by atoms with Gasteiger partial charge in [0.1, 0.15) is 6.33 Å². The van der Waals surface area contributed by atoms with Crippen LogP contribution in [0.15, 0.2) is 42.9 Å². The number of benzene rings is 1. The van der Waals surface area contributed by atoms with E-state index in [1.54, 1.807) is 6.20 Å². The van der Waals surface area contributed by atoms with Crippen LogP contribution >= 0.6 is 0 Å². The minimum absolute atomic E-state index is 0.776. The van der Waals surface area contributed by atoms with Crippen molar-refractivity contribution in [3.8, 4) is 11.3 Å². The van der Waals surface area contributed by atoms with E-state index in [0.717, 1.165) is 16.0 Å². The topological polar surface area (TPSA) is 38.0 Å². The third-order valence-corrected chi connectivity index (χ3v) is 1.64. The summed E-state index contributed by atoms with van der Waals surface area (Å²) in [6.45, 7) is 0. The zero-order valence-corrected chi connectivity index (χ0v) is 6.38. The van der Waals surface area contributed by atoms with Gasteiger partial charge in [0, 0.05) is 5.56 Å². The lowest BCUT2D eigenvalue weighted by atomic mass is 10.2. The molecule has 0 bridgehead atoms. The van der Waals surface area contributed by atoms with E-state index in [-0.39, 0.29) is 0 Å². The minimum atomic E-state index is 0.776. The first kappa shape index (κ1) is 6.91. The van der Waals surface area contributed by atoms with Gasteiger partial charge in [-0.2, -0.15) is 4.73 Å². The lowest BCUT2D eigenvalue weighted by Gasteiger charge is -1.92.